The van der Waals surface area contributed by atoms with Crippen LogP contribution in [0.1, 0.15) is 17.5 Å². The van der Waals surface area contributed by atoms with E-state index in [0.29, 0.717) is 6.42 Å². The Balaban J connectivity index is 1.42. The third kappa shape index (κ3) is 6.15. The predicted molar refractivity (Wildman–Crippen MR) is 125 cm³/mol. The maximum absolute atomic E-state index is 12.2. The second kappa shape index (κ2) is 9.88. The minimum absolute atomic E-state index is 0.260. The Bertz CT molecular complexity index is 885. The van der Waals surface area contributed by atoms with Crippen LogP contribution in [-0.2, 0) is 9.59 Å². The summed E-state index contributed by atoms with van der Waals surface area (Å²) in [6.07, 6.45) is 3.67. The molecule has 0 saturated heterocycles. The molecule has 0 aromatic heterocycles. The molecule has 3 rings (SSSR count). The third-order valence-electron chi connectivity index (χ3n) is 5.06. The van der Waals surface area contributed by atoms with E-state index >= 15 is 0 Å². The Kier molecular flexibility index (Phi) is 7.02. The molecule has 2 aromatic rings. The fourth-order valence-corrected chi connectivity index (χ4v) is 3.00. The summed E-state index contributed by atoms with van der Waals surface area (Å²) in [5, 5.41) is 7.98. The number of amides is 2. The molecule has 8 nitrogen and oxygen atoms in total. The van der Waals surface area contributed by atoms with Crippen LogP contribution in [0.4, 0.5) is 11.4 Å². The van der Waals surface area contributed by atoms with E-state index in [1.165, 1.54) is 0 Å². The van der Waals surface area contributed by atoms with Crippen molar-refractivity contribution < 1.29 is 9.59 Å². The standard InChI is InChI=1S/C23H28N6O2/c1-28(2)18-9-5-16(6-10-18)14-24-26-22(30)20-13-21(20)23(31)27-25-15-17-7-11-19(12-8-17)29(3)4/h5-12,14-15,20-21H,13H2,1-4H3,(H,26,30)(H,27,31)/t20-,21-/m0/s1. The maximum atomic E-state index is 12.2. The molecule has 0 aliphatic heterocycles. The number of hydrogen-bond acceptors (Lipinski definition) is 6. The van der Waals surface area contributed by atoms with Gasteiger partial charge < -0.3 is 9.80 Å². The number of hydrazone groups is 2. The van der Waals surface area contributed by atoms with Gasteiger partial charge in [0.15, 0.2) is 0 Å². The normalized spacial score (nSPS) is 17.5. The molecule has 0 bridgehead atoms. The van der Waals surface area contributed by atoms with Gasteiger partial charge in [-0.3, -0.25) is 9.59 Å². The second-order valence-corrected chi connectivity index (χ2v) is 7.89. The van der Waals surface area contributed by atoms with Gasteiger partial charge in [-0.25, -0.2) is 10.9 Å². The van der Waals surface area contributed by atoms with Crippen LogP contribution in [0.2, 0.25) is 0 Å². The smallest absolute Gasteiger partial charge is 0.244 e. The lowest BCUT2D eigenvalue weighted by Crippen LogP contribution is -2.25. The van der Waals surface area contributed by atoms with Crippen molar-refractivity contribution in [1.82, 2.24) is 10.9 Å². The number of rotatable bonds is 8. The summed E-state index contributed by atoms with van der Waals surface area (Å²) in [6, 6.07) is 15.6. The van der Waals surface area contributed by atoms with E-state index in [4.69, 9.17) is 0 Å². The molecule has 2 N–H and O–H groups in total. The minimum Gasteiger partial charge on any atom is -0.378 e. The van der Waals surface area contributed by atoms with Gasteiger partial charge in [0.2, 0.25) is 11.8 Å². The van der Waals surface area contributed by atoms with Crippen LogP contribution in [-0.4, -0.2) is 52.4 Å². The zero-order valence-corrected chi connectivity index (χ0v) is 18.2. The summed E-state index contributed by atoms with van der Waals surface area (Å²) in [6.45, 7) is 0. The van der Waals surface area contributed by atoms with Gasteiger partial charge in [0.25, 0.3) is 0 Å². The topological polar surface area (TPSA) is 89.4 Å². The van der Waals surface area contributed by atoms with Gasteiger partial charge in [0.1, 0.15) is 0 Å². The van der Waals surface area contributed by atoms with Crippen molar-refractivity contribution in [3.05, 3.63) is 59.7 Å². The van der Waals surface area contributed by atoms with Crippen molar-refractivity contribution in [2.24, 2.45) is 22.0 Å². The molecule has 2 aromatic carbocycles. The van der Waals surface area contributed by atoms with Gasteiger partial charge in [-0.15, -0.1) is 0 Å². The summed E-state index contributed by atoms with van der Waals surface area (Å²) in [7, 11) is 7.89. The van der Waals surface area contributed by atoms with E-state index in [-0.39, 0.29) is 23.7 Å². The molecule has 2 atom stereocenters. The molecule has 0 radical (unpaired) electrons. The Hall–Kier alpha value is -3.68. The van der Waals surface area contributed by atoms with Crippen LogP contribution in [0.15, 0.2) is 58.7 Å². The van der Waals surface area contributed by atoms with Crippen molar-refractivity contribution in [2.75, 3.05) is 38.0 Å². The van der Waals surface area contributed by atoms with Crippen molar-refractivity contribution in [1.29, 1.82) is 0 Å². The summed E-state index contributed by atoms with van der Waals surface area (Å²) >= 11 is 0. The van der Waals surface area contributed by atoms with E-state index in [1.807, 2.05) is 86.5 Å². The molecule has 1 aliphatic carbocycles. The Morgan fingerprint density at radius 3 is 1.42 bits per heavy atom. The minimum atomic E-state index is -0.372. The Labute approximate surface area is 182 Å². The quantitative estimate of drug-likeness (QED) is 0.505. The zero-order chi connectivity index (χ0) is 22.4. The highest BCUT2D eigenvalue weighted by Gasteiger charge is 2.48. The van der Waals surface area contributed by atoms with Crippen molar-refractivity contribution in [3.8, 4) is 0 Å². The molecule has 0 heterocycles. The summed E-state index contributed by atoms with van der Waals surface area (Å²) in [4.78, 5) is 28.4. The fourth-order valence-electron chi connectivity index (χ4n) is 3.00. The maximum Gasteiger partial charge on any atom is 0.244 e. The summed E-state index contributed by atoms with van der Waals surface area (Å²) in [5.74, 6) is -1.26. The van der Waals surface area contributed by atoms with Crippen molar-refractivity contribution in [2.45, 2.75) is 6.42 Å². The molecular formula is C23H28N6O2. The van der Waals surface area contributed by atoms with Gasteiger partial charge in [-0.05, 0) is 41.8 Å². The van der Waals surface area contributed by atoms with E-state index in [9.17, 15) is 9.59 Å². The molecular weight excluding hydrogens is 392 g/mol. The first-order valence-corrected chi connectivity index (χ1v) is 10.1. The number of carbonyl (C=O) groups is 2. The van der Waals surface area contributed by atoms with E-state index in [1.54, 1.807) is 12.4 Å². The van der Waals surface area contributed by atoms with E-state index < -0.39 is 0 Å². The monoisotopic (exact) mass is 420 g/mol. The predicted octanol–water partition coefficient (Wildman–Crippen LogP) is 2.06. The van der Waals surface area contributed by atoms with Crippen molar-refractivity contribution in [3.63, 3.8) is 0 Å². The average Bonchev–Trinajstić information content (AvgIpc) is 3.55. The molecule has 8 heteroatoms. The lowest BCUT2D eigenvalue weighted by Gasteiger charge is -2.11. The highest BCUT2D eigenvalue weighted by molar-refractivity contribution is 5.93. The zero-order valence-electron chi connectivity index (χ0n) is 18.2. The third-order valence-corrected chi connectivity index (χ3v) is 5.06. The average molecular weight is 421 g/mol. The molecule has 1 aliphatic rings. The number of benzene rings is 2. The lowest BCUT2D eigenvalue weighted by atomic mass is 10.2. The first-order chi connectivity index (χ1) is 14.8. The Morgan fingerprint density at radius 2 is 1.10 bits per heavy atom. The molecule has 31 heavy (non-hydrogen) atoms. The van der Waals surface area contributed by atoms with Crippen LogP contribution in [0.5, 0.6) is 0 Å². The first kappa shape index (κ1) is 22.0. The van der Waals surface area contributed by atoms with Crippen molar-refractivity contribution >= 4 is 35.6 Å². The van der Waals surface area contributed by atoms with Gasteiger partial charge in [0, 0.05) is 39.6 Å². The highest BCUT2D eigenvalue weighted by Crippen LogP contribution is 2.38. The summed E-state index contributed by atoms with van der Waals surface area (Å²) < 4.78 is 0. The largest absolute Gasteiger partial charge is 0.378 e. The van der Waals surface area contributed by atoms with Crippen LogP contribution in [0, 0.1) is 11.8 Å². The SMILES string of the molecule is CN(C)c1ccc(C=NNC(=O)[C@H]2C[C@@H]2C(=O)NN=Cc2ccc(N(C)C)cc2)cc1. The number of hydrogen-bond donors (Lipinski definition) is 2. The van der Waals surface area contributed by atoms with Crippen LogP contribution in [0.3, 0.4) is 0 Å². The van der Waals surface area contributed by atoms with Gasteiger partial charge in [0.05, 0.1) is 24.3 Å². The number of anilines is 2. The van der Waals surface area contributed by atoms with Crippen LogP contribution < -0.4 is 20.7 Å². The van der Waals surface area contributed by atoms with Crippen LogP contribution >= 0.6 is 0 Å². The second-order valence-electron chi connectivity index (χ2n) is 7.89. The van der Waals surface area contributed by atoms with Gasteiger partial charge >= 0.3 is 0 Å². The number of nitrogens with one attached hydrogen (secondary N) is 2. The van der Waals surface area contributed by atoms with Gasteiger partial charge in [-0.1, -0.05) is 24.3 Å². The number of nitrogens with zero attached hydrogens (tertiary/aromatic N) is 4. The highest BCUT2D eigenvalue weighted by atomic mass is 16.2. The Morgan fingerprint density at radius 1 is 0.742 bits per heavy atom. The molecule has 0 unspecified atom stereocenters. The van der Waals surface area contributed by atoms with E-state index in [0.717, 1.165) is 22.5 Å². The molecule has 2 amide bonds. The molecule has 1 fully saturated rings. The van der Waals surface area contributed by atoms with Crippen LogP contribution in [0.25, 0.3) is 0 Å². The molecule has 0 spiro atoms. The molecule has 162 valence electrons. The first-order valence-electron chi connectivity index (χ1n) is 10.1. The van der Waals surface area contributed by atoms with E-state index in [2.05, 4.69) is 21.1 Å². The molecule has 1 saturated carbocycles. The number of carbonyl (C=O) groups excluding carboxylic acids is 2. The summed E-state index contributed by atoms with van der Waals surface area (Å²) in [5.41, 5.74) is 8.94. The fraction of sp³-hybridized carbons (Fsp3) is 0.304. The van der Waals surface area contributed by atoms with Gasteiger partial charge in [-0.2, -0.15) is 10.2 Å². The lowest BCUT2D eigenvalue weighted by molar-refractivity contribution is -0.127.